The van der Waals surface area contributed by atoms with E-state index in [1.807, 2.05) is 12.1 Å². The summed E-state index contributed by atoms with van der Waals surface area (Å²) in [6.45, 7) is 0. The molecule has 108 valence electrons. The second-order valence-corrected chi connectivity index (χ2v) is 5.71. The van der Waals surface area contributed by atoms with Crippen LogP contribution in [0.2, 0.25) is 0 Å². The van der Waals surface area contributed by atoms with E-state index in [0.29, 0.717) is 28.3 Å². The molecule has 3 rings (SSSR count). The van der Waals surface area contributed by atoms with Crippen molar-refractivity contribution in [3.8, 4) is 6.07 Å². The van der Waals surface area contributed by atoms with Crippen LogP contribution in [-0.2, 0) is 4.79 Å². The number of carbonyl (C=O) groups excluding carboxylic acids is 2. The van der Waals surface area contributed by atoms with Crippen LogP contribution in [0.5, 0.6) is 0 Å². The number of hydrogen-bond acceptors (Lipinski definition) is 4. The molecule has 0 aromatic heterocycles. The number of nitrogens with zero attached hydrogens (tertiary/aromatic N) is 1. The lowest BCUT2D eigenvalue weighted by Crippen LogP contribution is -2.19. The zero-order valence-corrected chi connectivity index (χ0v) is 12.2. The highest BCUT2D eigenvalue weighted by molar-refractivity contribution is 8.00. The summed E-state index contributed by atoms with van der Waals surface area (Å²) in [6.07, 6.45) is 0. The van der Waals surface area contributed by atoms with Crippen molar-refractivity contribution in [3.63, 3.8) is 0 Å². The van der Waals surface area contributed by atoms with Crippen LogP contribution < -0.4 is 10.6 Å². The first-order valence-electron chi connectivity index (χ1n) is 6.54. The number of benzene rings is 2. The molecule has 0 radical (unpaired) electrons. The summed E-state index contributed by atoms with van der Waals surface area (Å²) >= 11 is 1.47. The third-order valence-corrected chi connectivity index (χ3v) is 4.22. The van der Waals surface area contributed by atoms with Crippen LogP contribution >= 0.6 is 11.8 Å². The highest BCUT2D eigenvalue weighted by Crippen LogP contribution is 2.33. The first-order chi connectivity index (χ1) is 10.7. The Labute approximate surface area is 131 Å². The summed E-state index contributed by atoms with van der Waals surface area (Å²) in [6, 6.07) is 13.8. The Morgan fingerprint density at radius 1 is 1.23 bits per heavy atom. The summed E-state index contributed by atoms with van der Waals surface area (Å²) in [5.74, 6) is 0.0940. The van der Waals surface area contributed by atoms with Gasteiger partial charge in [0.1, 0.15) is 0 Å². The van der Waals surface area contributed by atoms with Gasteiger partial charge in [0.2, 0.25) is 5.91 Å². The van der Waals surface area contributed by atoms with Gasteiger partial charge in [0, 0.05) is 16.1 Å². The van der Waals surface area contributed by atoms with Crippen LogP contribution in [0.15, 0.2) is 47.4 Å². The summed E-state index contributed by atoms with van der Waals surface area (Å²) in [5, 5.41) is 14.3. The first-order valence-corrected chi connectivity index (χ1v) is 7.52. The number of thioether (sulfide) groups is 1. The second kappa shape index (κ2) is 5.92. The quantitative estimate of drug-likeness (QED) is 0.893. The van der Waals surface area contributed by atoms with E-state index in [1.165, 1.54) is 11.8 Å². The maximum Gasteiger partial charge on any atom is 0.255 e. The number of nitrogens with one attached hydrogen (secondary N) is 2. The van der Waals surface area contributed by atoms with Gasteiger partial charge in [-0.05, 0) is 42.5 Å². The Bertz CT molecular complexity index is 794. The van der Waals surface area contributed by atoms with Gasteiger partial charge in [0.25, 0.3) is 5.91 Å². The van der Waals surface area contributed by atoms with Gasteiger partial charge in [-0.2, -0.15) is 5.26 Å². The normalized spacial score (nSPS) is 12.8. The highest BCUT2D eigenvalue weighted by Gasteiger charge is 2.16. The monoisotopic (exact) mass is 309 g/mol. The largest absolute Gasteiger partial charge is 0.324 e. The van der Waals surface area contributed by atoms with Crippen molar-refractivity contribution < 1.29 is 9.59 Å². The molecule has 1 aliphatic heterocycles. The molecule has 2 N–H and O–H groups in total. The second-order valence-electron chi connectivity index (χ2n) is 4.69. The minimum Gasteiger partial charge on any atom is -0.324 e. The Balaban J connectivity index is 1.78. The molecule has 0 saturated heterocycles. The molecule has 2 amide bonds. The molecule has 2 aromatic rings. The Hall–Kier alpha value is -2.78. The number of carbonyl (C=O) groups is 2. The maximum atomic E-state index is 12.2. The van der Waals surface area contributed by atoms with Gasteiger partial charge in [-0.15, -0.1) is 11.8 Å². The van der Waals surface area contributed by atoms with Crippen LogP contribution in [0.1, 0.15) is 15.9 Å². The zero-order chi connectivity index (χ0) is 15.5. The molecule has 0 saturated carbocycles. The fraction of sp³-hybridized carbons (Fsp3) is 0.0625. The fourth-order valence-electron chi connectivity index (χ4n) is 2.06. The SMILES string of the molecule is N#Cc1ccc(C(=O)Nc2ccc3c(c2)NC(=O)CS3)cc1. The molecule has 1 heterocycles. The lowest BCUT2D eigenvalue weighted by Gasteiger charge is -2.17. The predicted octanol–water partition coefficient (Wildman–Crippen LogP) is 2.85. The first kappa shape index (κ1) is 14.2. The van der Waals surface area contributed by atoms with Crippen LogP contribution in [-0.4, -0.2) is 17.6 Å². The lowest BCUT2D eigenvalue weighted by atomic mass is 10.1. The molecule has 5 nitrogen and oxygen atoms in total. The summed E-state index contributed by atoms with van der Waals surface area (Å²) in [7, 11) is 0. The van der Waals surface area contributed by atoms with Crippen molar-refractivity contribution in [2.45, 2.75) is 4.90 Å². The average Bonchev–Trinajstić information content (AvgIpc) is 2.54. The van der Waals surface area contributed by atoms with Crippen molar-refractivity contribution in [2.75, 3.05) is 16.4 Å². The van der Waals surface area contributed by atoms with E-state index in [9.17, 15) is 9.59 Å². The van der Waals surface area contributed by atoms with Gasteiger partial charge in [0.15, 0.2) is 0 Å². The number of fused-ring (bicyclic) bond motifs is 1. The number of hydrogen-bond donors (Lipinski definition) is 2. The molecular formula is C16H11N3O2S. The van der Waals surface area contributed by atoms with E-state index < -0.39 is 0 Å². The molecule has 2 aromatic carbocycles. The van der Waals surface area contributed by atoms with E-state index in [0.717, 1.165) is 4.90 Å². The molecule has 0 bridgehead atoms. The Kier molecular flexibility index (Phi) is 3.81. The van der Waals surface area contributed by atoms with Gasteiger partial charge < -0.3 is 10.6 Å². The molecule has 0 aliphatic carbocycles. The minimum absolute atomic E-state index is 0.0481. The van der Waals surface area contributed by atoms with Crippen molar-refractivity contribution in [1.29, 1.82) is 5.26 Å². The van der Waals surface area contributed by atoms with Crippen molar-refractivity contribution in [2.24, 2.45) is 0 Å². The lowest BCUT2D eigenvalue weighted by molar-refractivity contribution is -0.113. The molecule has 1 aliphatic rings. The van der Waals surface area contributed by atoms with E-state index in [4.69, 9.17) is 5.26 Å². The molecule has 0 atom stereocenters. The minimum atomic E-state index is -0.265. The van der Waals surface area contributed by atoms with Gasteiger partial charge in [-0.25, -0.2) is 0 Å². The molecule has 22 heavy (non-hydrogen) atoms. The van der Waals surface area contributed by atoms with Gasteiger partial charge >= 0.3 is 0 Å². The van der Waals surface area contributed by atoms with Crippen molar-refractivity contribution in [1.82, 2.24) is 0 Å². The number of anilines is 2. The predicted molar refractivity (Wildman–Crippen MR) is 84.9 cm³/mol. The van der Waals surface area contributed by atoms with E-state index in [1.54, 1.807) is 36.4 Å². The summed E-state index contributed by atoms with van der Waals surface area (Å²) < 4.78 is 0. The summed E-state index contributed by atoms with van der Waals surface area (Å²) in [4.78, 5) is 24.5. The topological polar surface area (TPSA) is 82.0 Å². The van der Waals surface area contributed by atoms with E-state index >= 15 is 0 Å². The van der Waals surface area contributed by atoms with Crippen LogP contribution in [0.4, 0.5) is 11.4 Å². The van der Waals surface area contributed by atoms with Crippen LogP contribution in [0.25, 0.3) is 0 Å². The standard InChI is InChI=1S/C16H11N3O2S/c17-8-10-1-3-11(4-2-10)16(21)18-12-5-6-14-13(7-12)19-15(20)9-22-14/h1-7H,9H2,(H,18,21)(H,19,20). The Morgan fingerprint density at radius 2 is 2.00 bits per heavy atom. The maximum absolute atomic E-state index is 12.2. The molecule has 0 unspecified atom stereocenters. The van der Waals surface area contributed by atoms with E-state index in [2.05, 4.69) is 10.6 Å². The zero-order valence-electron chi connectivity index (χ0n) is 11.4. The highest BCUT2D eigenvalue weighted by atomic mass is 32.2. The van der Waals surface area contributed by atoms with Crippen LogP contribution in [0.3, 0.4) is 0 Å². The summed E-state index contributed by atoms with van der Waals surface area (Å²) in [5.41, 5.74) is 2.29. The van der Waals surface area contributed by atoms with E-state index in [-0.39, 0.29) is 11.8 Å². The van der Waals surface area contributed by atoms with Gasteiger partial charge in [-0.1, -0.05) is 0 Å². The third kappa shape index (κ3) is 2.95. The fourth-order valence-corrected chi connectivity index (χ4v) is 2.85. The smallest absolute Gasteiger partial charge is 0.255 e. The van der Waals surface area contributed by atoms with Gasteiger partial charge in [0.05, 0.1) is 23.1 Å². The molecule has 6 heteroatoms. The Morgan fingerprint density at radius 3 is 2.73 bits per heavy atom. The van der Waals surface area contributed by atoms with Crippen LogP contribution in [0, 0.1) is 11.3 Å². The molecular weight excluding hydrogens is 298 g/mol. The molecule has 0 spiro atoms. The van der Waals surface area contributed by atoms with Crippen molar-refractivity contribution >= 4 is 35.0 Å². The number of nitriles is 1. The van der Waals surface area contributed by atoms with Crippen molar-refractivity contribution in [3.05, 3.63) is 53.6 Å². The number of amides is 2. The third-order valence-electron chi connectivity index (χ3n) is 3.15. The van der Waals surface area contributed by atoms with Gasteiger partial charge in [-0.3, -0.25) is 9.59 Å². The average molecular weight is 309 g/mol. The number of rotatable bonds is 2. The molecule has 0 fully saturated rings.